The van der Waals surface area contributed by atoms with Crippen LogP contribution in [0.15, 0.2) is 4.99 Å². The molecule has 2 N–H and O–H groups in total. The van der Waals surface area contributed by atoms with Crippen LogP contribution in [0.1, 0.15) is 49.1 Å². The van der Waals surface area contributed by atoms with Crippen molar-refractivity contribution in [3.8, 4) is 0 Å². The highest BCUT2D eigenvalue weighted by Gasteiger charge is 2.38. The van der Waals surface area contributed by atoms with Crippen molar-refractivity contribution in [3.63, 3.8) is 0 Å². The van der Waals surface area contributed by atoms with E-state index in [1.807, 2.05) is 18.8 Å². The average Bonchev–Trinajstić information content (AvgIpc) is 3.21. The zero-order valence-electron chi connectivity index (χ0n) is 15.4. The molecule has 0 aromatic carbocycles. The van der Waals surface area contributed by atoms with Gasteiger partial charge in [0, 0.05) is 38.4 Å². The number of guanidine groups is 1. The third-order valence-electron chi connectivity index (χ3n) is 6.01. The lowest BCUT2D eigenvalue weighted by atomic mass is 9.86. The van der Waals surface area contributed by atoms with E-state index in [2.05, 4.69) is 34.6 Å². The van der Waals surface area contributed by atoms with Gasteiger partial charge in [0.05, 0.1) is 5.69 Å². The Labute approximate surface area is 163 Å². The van der Waals surface area contributed by atoms with Crippen molar-refractivity contribution in [1.29, 1.82) is 0 Å². The van der Waals surface area contributed by atoms with Gasteiger partial charge in [-0.25, -0.2) is 0 Å². The molecule has 0 aliphatic heterocycles. The highest BCUT2D eigenvalue weighted by molar-refractivity contribution is 14.0. The molecular weight excluding hydrogens is 413 g/mol. The van der Waals surface area contributed by atoms with Crippen molar-refractivity contribution in [2.45, 2.75) is 52.5 Å². The van der Waals surface area contributed by atoms with Crippen LogP contribution in [-0.4, -0.2) is 29.3 Å². The molecule has 136 valence electrons. The predicted molar refractivity (Wildman–Crippen MR) is 110 cm³/mol. The van der Waals surface area contributed by atoms with Crippen molar-refractivity contribution in [2.75, 3.05) is 13.6 Å². The molecule has 1 heterocycles. The van der Waals surface area contributed by atoms with Crippen molar-refractivity contribution in [1.82, 2.24) is 20.4 Å². The molecule has 0 amide bonds. The van der Waals surface area contributed by atoms with Gasteiger partial charge in [0.25, 0.3) is 0 Å². The summed E-state index contributed by atoms with van der Waals surface area (Å²) < 4.78 is 1.94. The van der Waals surface area contributed by atoms with Crippen LogP contribution in [0.4, 0.5) is 0 Å². The minimum Gasteiger partial charge on any atom is -0.356 e. The van der Waals surface area contributed by atoms with Crippen molar-refractivity contribution >= 4 is 29.9 Å². The summed E-state index contributed by atoms with van der Waals surface area (Å²) in [5.74, 6) is 3.90. The summed E-state index contributed by atoms with van der Waals surface area (Å²) in [4.78, 5) is 4.35. The minimum absolute atomic E-state index is 0. The van der Waals surface area contributed by atoms with Gasteiger partial charge < -0.3 is 10.6 Å². The molecule has 2 aliphatic carbocycles. The Morgan fingerprint density at radius 1 is 1.25 bits per heavy atom. The van der Waals surface area contributed by atoms with E-state index in [0.717, 1.165) is 42.5 Å². The number of nitrogens with zero attached hydrogens (tertiary/aromatic N) is 3. The lowest BCUT2D eigenvalue weighted by Crippen LogP contribution is -2.38. The second kappa shape index (κ2) is 8.54. The predicted octanol–water partition coefficient (Wildman–Crippen LogP) is 3.15. The summed E-state index contributed by atoms with van der Waals surface area (Å²) in [7, 11) is 3.84. The highest BCUT2D eigenvalue weighted by Crippen LogP contribution is 2.49. The normalized spacial score (nSPS) is 25.7. The number of aromatic nitrogens is 2. The molecule has 1 aromatic rings. The molecule has 3 atom stereocenters. The number of rotatable bonds is 5. The maximum Gasteiger partial charge on any atom is 0.191 e. The fourth-order valence-electron chi connectivity index (χ4n) is 4.57. The minimum atomic E-state index is 0. The number of hydrogen-bond acceptors (Lipinski definition) is 2. The second-order valence-corrected chi connectivity index (χ2v) is 7.35. The average molecular weight is 445 g/mol. The number of aryl methyl sites for hydroxylation is 2. The summed E-state index contributed by atoms with van der Waals surface area (Å²) in [5.41, 5.74) is 3.57. The largest absolute Gasteiger partial charge is 0.356 e. The highest BCUT2D eigenvalue weighted by atomic mass is 127. The van der Waals surface area contributed by atoms with Gasteiger partial charge in [-0.2, -0.15) is 5.10 Å². The lowest BCUT2D eigenvalue weighted by molar-refractivity contribution is 0.315. The van der Waals surface area contributed by atoms with Crippen LogP contribution in [0, 0.1) is 31.6 Å². The first-order valence-electron chi connectivity index (χ1n) is 9.02. The smallest absolute Gasteiger partial charge is 0.191 e. The van der Waals surface area contributed by atoms with Gasteiger partial charge in [-0.3, -0.25) is 9.67 Å². The van der Waals surface area contributed by atoms with E-state index in [0.29, 0.717) is 0 Å². The van der Waals surface area contributed by atoms with Crippen molar-refractivity contribution < 1.29 is 0 Å². The fourth-order valence-corrected chi connectivity index (χ4v) is 4.57. The van der Waals surface area contributed by atoms with Gasteiger partial charge in [-0.15, -0.1) is 24.0 Å². The quantitative estimate of drug-likeness (QED) is 0.416. The van der Waals surface area contributed by atoms with Crippen molar-refractivity contribution in [2.24, 2.45) is 29.8 Å². The molecule has 3 rings (SSSR count). The fraction of sp³-hybridized carbons (Fsp3) is 0.778. The monoisotopic (exact) mass is 445 g/mol. The standard InChI is InChI=1S/C18H31N5.HI/c1-12-17(13(2)23(4)22-12)11-21-18(19-3)20-8-7-16-10-14-5-6-15(16)9-14;/h14-16H,5-11H2,1-4H3,(H2,19,20,21);1H. The van der Waals surface area contributed by atoms with E-state index in [-0.39, 0.29) is 24.0 Å². The molecule has 0 spiro atoms. The molecule has 2 bridgehead atoms. The van der Waals surface area contributed by atoms with E-state index in [1.54, 1.807) is 0 Å². The first-order valence-corrected chi connectivity index (χ1v) is 9.02. The van der Waals surface area contributed by atoms with Gasteiger partial charge in [-0.05, 0) is 57.3 Å². The summed E-state index contributed by atoms with van der Waals surface area (Å²) >= 11 is 0. The van der Waals surface area contributed by atoms with Crippen LogP contribution in [0.3, 0.4) is 0 Å². The van der Waals surface area contributed by atoms with Crippen LogP contribution >= 0.6 is 24.0 Å². The van der Waals surface area contributed by atoms with Gasteiger partial charge in [0.1, 0.15) is 0 Å². The van der Waals surface area contributed by atoms with Gasteiger partial charge in [0.2, 0.25) is 0 Å². The van der Waals surface area contributed by atoms with E-state index >= 15 is 0 Å². The van der Waals surface area contributed by atoms with Crippen LogP contribution in [-0.2, 0) is 13.6 Å². The first kappa shape index (κ1) is 19.5. The Kier molecular flexibility index (Phi) is 6.95. The first-order chi connectivity index (χ1) is 11.1. The summed E-state index contributed by atoms with van der Waals surface area (Å²) in [6.07, 6.45) is 7.21. The molecule has 3 unspecified atom stereocenters. The third-order valence-corrected chi connectivity index (χ3v) is 6.01. The van der Waals surface area contributed by atoms with E-state index in [4.69, 9.17) is 0 Å². The Balaban J connectivity index is 0.00000208. The SMILES string of the molecule is CN=C(NCCC1CC2CCC1C2)NCc1c(C)nn(C)c1C.I. The Morgan fingerprint density at radius 3 is 2.58 bits per heavy atom. The summed E-state index contributed by atoms with van der Waals surface area (Å²) in [6.45, 7) is 5.98. The third kappa shape index (κ3) is 4.24. The molecule has 1 aromatic heterocycles. The maximum absolute atomic E-state index is 4.47. The van der Waals surface area contributed by atoms with E-state index in [1.165, 1.54) is 43.4 Å². The van der Waals surface area contributed by atoms with E-state index in [9.17, 15) is 0 Å². The van der Waals surface area contributed by atoms with E-state index < -0.39 is 0 Å². The van der Waals surface area contributed by atoms with Crippen molar-refractivity contribution in [3.05, 3.63) is 17.0 Å². The van der Waals surface area contributed by atoms with Gasteiger partial charge in [-0.1, -0.05) is 6.42 Å². The molecule has 2 aliphatic rings. The van der Waals surface area contributed by atoms with Gasteiger partial charge in [0.15, 0.2) is 5.96 Å². The zero-order valence-corrected chi connectivity index (χ0v) is 17.8. The number of hydrogen-bond donors (Lipinski definition) is 2. The van der Waals surface area contributed by atoms with Crippen LogP contribution in [0.2, 0.25) is 0 Å². The Bertz CT molecular complexity index is 580. The molecule has 2 fully saturated rings. The molecular formula is C18H32IN5. The molecule has 2 saturated carbocycles. The number of aliphatic imine (C=N–C) groups is 1. The summed E-state index contributed by atoms with van der Waals surface area (Å²) in [6, 6.07) is 0. The molecule has 24 heavy (non-hydrogen) atoms. The second-order valence-electron chi connectivity index (χ2n) is 7.35. The maximum atomic E-state index is 4.47. The van der Waals surface area contributed by atoms with Gasteiger partial charge >= 0.3 is 0 Å². The number of fused-ring (bicyclic) bond motifs is 2. The molecule has 0 saturated heterocycles. The number of nitrogens with one attached hydrogen (secondary N) is 2. The van der Waals surface area contributed by atoms with Crippen LogP contribution in [0.5, 0.6) is 0 Å². The topological polar surface area (TPSA) is 54.2 Å². The Morgan fingerprint density at radius 2 is 2.04 bits per heavy atom. The number of halogens is 1. The molecule has 0 radical (unpaired) electrons. The van der Waals surface area contributed by atoms with Crippen LogP contribution in [0.25, 0.3) is 0 Å². The lowest BCUT2D eigenvalue weighted by Gasteiger charge is -2.22. The Hall–Kier alpha value is -0.790. The summed E-state index contributed by atoms with van der Waals surface area (Å²) in [5, 5.41) is 11.4. The zero-order chi connectivity index (χ0) is 16.4. The molecule has 6 heteroatoms. The molecule has 5 nitrogen and oxygen atoms in total. The van der Waals surface area contributed by atoms with Crippen LogP contribution < -0.4 is 10.6 Å².